The van der Waals surface area contributed by atoms with Crippen molar-refractivity contribution in [2.75, 3.05) is 0 Å². The summed E-state index contributed by atoms with van der Waals surface area (Å²) < 4.78 is 1.39. The van der Waals surface area contributed by atoms with E-state index < -0.39 is 0 Å². The first kappa shape index (κ1) is 10.8. The van der Waals surface area contributed by atoms with Crippen molar-refractivity contribution in [3.8, 4) is 10.6 Å². The van der Waals surface area contributed by atoms with Gasteiger partial charge in [0.15, 0.2) is 0 Å². The average Bonchev–Trinajstić information content (AvgIpc) is 3.06. The van der Waals surface area contributed by atoms with Crippen molar-refractivity contribution in [2.45, 2.75) is 0 Å². The molecule has 0 amide bonds. The predicted octanol–water partition coefficient (Wildman–Crippen LogP) is 3.03. The number of rotatable bonds is 1. The third kappa shape index (κ3) is 1.61. The molecule has 0 aliphatic heterocycles. The number of fused-ring (bicyclic) bond motifs is 2. The first-order chi connectivity index (χ1) is 9.33. The van der Waals surface area contributed by atoms with Gasteiger partial charge in [-0.3, -0.25) is 4.79 Å². The zero-order chi connectivity index (χ0) is 12.8. The van der Waals surface area contributed by atoms with Crippen molar-refractivity contribution < 1.29 is 0 Å². The molecule has 1 aromatic carbocycles. The molecule has 3 aromatic heterocycles. The molecule has 0 atom stereocenters. The number of aromatic nitrogens is 3. The van der Waals surface area contributed by atoms with Gasteiger partial charge in [-0.1, -0.05) is 41.7 Å². The Morgan fingerprint density at radius 3 is 2.79 bits per heavy atom. The first-order valence-corrected chi connectivity index (χ1v) is 7.35. The van der Waals surface area contributed by atoms with Crippen LogP contribution in [0.4, 0.5) is 0 Å². The molecule has 0 fully saturated rings. The zero-order valence-corrected chi connectivity index (χ0v) is 11.2. The Bertz CT molecular complexity index is 937. The lowest BCUT2D eigenvalue weighted by atomic mass is 10.2. The van der Waals surface area contributed by atoms with Gasteiger partial charge in [0.25, 0.3) is 5.56 Å². The molecule has 0 aliphatic rings. The fraction of sp³-hybridized carbons (Fsp3) is 0. The van der Waals surface area contributed by atoms with Crippen LogP contribution in [0.3, 0.4) is 0 Å². The van der Waals surface area contributed by atoms with Crippen molar-refractivity contribution in [2.24, 2.45) is 0 Å². The highest BCUT2D eigenvalue weighted by atomic mass is 32.1. The minimum atomic E-state index is -0.0975. The maximum atomic E-state index is 12.3. The van der Waals surface area contributed by atoms with E-state index in [1.807, 2.05) is 35.7 Å². The first-order valence-electron chi connectivity index (χ1n) is 5.65. The Balaban J connectivity index is 2.07. The summed E-state index contributed by atoms with van der Waals surface area (Å²) in [5, 5.41) is 7.69. The quantitative estimate of drug-likeness (QED) is 0.540. The summed E-state index contributed by atoms with van der Waals surface area (Å²) in [6, 6.07) is 11.6. The Hall–Kier alpha value is -2.05. The number of nitrogens with zero attached hydrogens (tertiary/aromatic N) is 3. The van der Waals surface area contributed by atoms with Crippen molar-refractivity contribution in [1.29, 1.82) is 0 Å². The molecule has 0 N–H and O–H groups in total. The van der Waals surface area contributed by atoms with Crippen LogP contribution in [-0.2, 0) is 0 Å². The normalized spacial score (nSPS) is 11.4. The highest BCUT2D eigenvalue weighted by Crippen LogP contribution is 2.25. The Kier molecular flexibility index (Phi) is 2.27. The van der Waals surface area contributed by atoms with E-state index in [1.54, 1.807) is 6.07 Å². The lowest BCUT2D eigenvalue weighted by molar-refractivity contribution is 0.921. The number of hydrogen-bond acceptors (Lipinski definition) is 5. The molecule has 0 aliphatic carbocycles. The Labute approximate surface area is 115 Å². The lowest BCUT2D eigenvalue weighted by Gasteiger charge is -1.91. The average molecular weight is 285 g/mol. The van der Waals surface area contributed by atoms with E-state index in [4.69, 9.17) is 0 Å². The van der Waals surface area contributed by atoms with E-state index >= 15 is 0 Å². The van der Waals surface area contributed by atoms with Gasteiger partial charge in [0.1, 0.15) is 9.84 Å². The van der Waals surface area contributed by atoms with E-state index in [1.165, 1.54) is 27.2 Å². The Morgan fingerprint density at radius 1 is 1.11 bits per heavy atom. The molecule has 3 heterocycles. The van der Waals surface area contributed by atoms with Gasteiger partial charge >= 0.3 is 0 Å². The molecule has 6 heteroatoms. The third-order valence-corrected chi connectivity index (χ3v) is 4.61. The molecule has 4 nitrogen and oxygen atoms in total. The van der Waals surface area contributed by atoms with Crippen molar-refractivity contribution in [1.82, 2.24) is 14.6 Å². The van der Waals surface area contributed by atoms with Gasteiger partial charge in [0.05, 0.1) is 5.39 Å². The van der Waals surface area contributed by atoms with Gasteiger partial charge in [-0.15, -0.1) is 11.3 Å². The second kappa shape index (κ2) is 3.97. The van der Waals surface area contributed by atoms with Gasteiger partial charge in [-0.2, -0.15) is 9.61 Å². The summed E-state index contributed by atoms with van der Waals surface area (Å²) in [5.41, 5.74) is 0.903. The van der Waals surface area contributed by atoms with Crippen LogP contribution < -0.4 is 5.56 Å². The molecule has 0 bridgehead atoms. The van der Waals surface area contributed by atoms with Crippen LogP contribution in [0.25, 0.3) is 25.7 Å². The topological polar surface area (TPSA) is 47.3 Å². The third-order valence-electron chi connectivity index (χ3n) is 2.85. The van der Waals surface area contributed by atoms with Crippen LogP contribution in [0.2, 0.25) is 0 Å². The Morgan fingerprint density at radius 2 is 1.95 bits per heavy atom. The maximum Gasteiger partial charge on any atom is 0.283 e. The molecule has 19 heavy (non-hydrogen) atoms. The smallest absolute Gasteiger partial charge is 0.267 e. The van der Waals surface area contributed by atoms with Crippen LogP contribution >= 0.6 is 22.7 Å². The molecule has 0 spiro atoms. The van der Waals surface area contributed by atoms with Gasteiger partial charge in [-0.05, 0) is 11.4 Å². The summed E-state index contributed by atoms with van der Waals surface area (Å²) in [4.78, 5) is 18.2. The monoisotopic (exact) mass is 285 g/mol. The van der Waals surface area contributed by atoms with E-state index in [-0.39, 0.29) is 5.56 Å². The number of benzene rings is 1. The van der Waals surface area contributed by atoms with Crippen LogP contribution in [-0.4, -0.2) is 14.6 Å². The summed E-state index contributed by atoms with van der Waals surface area (Å²) >= 11 is 2.91. The van der Waals surface area contributed by atoms with E-state index in [2.05, 4.69) is 10.1 Å². The lowest BCUT2D eigenvalue weighted by Crippen LogP contribution is -2.13. The van der Waals surface area contributed by atoms with E-state index in [0.29, 0.717) is 10.3 Å². The molecular formula is C13H7N3OS2. The number of hydrogen-bond donors (Lipinski definition) is 0. The SMILES string of the molecule is O=c1c2ccsc2nc2sc(-c3ccccc3)nn12. The molecule has 0 radical (unpaired) electrons. The molecule has 4 aromatic rings. The molecular weight excluding hydrogens is 278 g/mol. The second-order valence-corrected chi connectivity index (χ2v) is 5.87. The van der Waals surface area contributed by atoms with Gasteiger partial charge in [0, 0.05) is 5.56 Å². The summed E-state index contributed by atoms with van der Waals surface area (Å²) in [6.07, 6.45) is 0. The zero-order valence-electron chi connectivity index (χ0n) is 9.61. The molecule has 0 saturated carbocycles. The predicted molar refractivity (Wildman–Crippen MR) is 78.0 cm³/mol. The maximum absolute atomic E-state index is 12.3. The summed E-state index contributed by atoms with van der Waals surface area (Å²) in [7, 11) is 0. The van der Waals surface area contributed by atoms with Crippen molar-refractivity contribution >= 4 is 37.9 Å². The van der Waals surface area contributed by atoms with Gasteiger partial charge < -0.3 is 0 Å². The second-order valence-electron chi connectivity index (χ2n) is 4.02. The van der Waals surface area contributed by atoms with Gasteiger partial charge in [0.2, 0.25) is 4.96 Å². The molecule has 0 unspecified atom stereocenters. The minimum absolute atomic E-state index is 0.0975. The standard InChI is InChI=1S/C13H7N3OS2/c17-12-9-6-7-18-11(9)14-13-16(12)15-10(19-13)8-4-2-1-3-5-8/h1-7H. The van der Waals surface area contributed by atoms with Crippen LogP contribution in [0.5, 0.6) is 0 Å². The fourth-order valence-electron chi connectivity index (χ4n) is 1.94. The van der Waals surface area contributed by atoms with E-state index in [0.717, 1.165) is 15.4 Å². The molecule has 0 saturated heterocycles. The molecule has 4 rings (SSSR count). The fourth-order valence-corrected chi connectivity index (χ4v) is 3.64. The highest BCUT2D eigenvalue weighted by Gasteiger charge is 2.12. The van der Waals surface area contributed by atoms with Crippen molar-refractivity contribution in [3.05, 3.63) is 52.1 Å². The van der Waals surface area contributed by atoms with Crippen molar-refractivity contribution in [3.63, 3.8) is 0 Å². The van der Waals surface area contributed by atoms with Crippen LogP contribution in [0, 0.1) is 0 Å². The molecule has 92 valence electrons. The minimum Gasteiger partial charge on any atom is -0.267 e. The summed E-state index contributed by atoms with van der Waals surface area (Å²) in [5.74, 6) is 0. The number of thiophene rings is 1. The summed E-state index contributed by atoms with van der Waals surface area (Å²) in [6.45, 7) is 0. The van der Waals surface area contributed by atoms with Gasteiger partial charge in [-0.25, -0.2) is 4.98 Å². The van der Waals surface area contributed by atoms with Crippen LogP contribution in [0.1, 0.15) is 0 Å². The van der Waals surface area contributed by atoms with E-state index in [9.17, 15) is 4.79 Å². The highest BCUT2D eigenvalue weighted by molar-refractivity contribution is 7.20. The largest absolute Gasteiger partial charge is 0.283 e. The van der Waals surface area contributed by atoms with Crippen LogP contribution in [0.15, 0.2) is 46.6 Å².